The van der Waals surface area contributed by atoms with Gasteiger partial charge in [-0.2, -0.15) is 0 Å². The average Bonchev–Trinajstić information content (AvgIpc) is 2.79. The summed E-state index contributed by atoms with van der Waals surface area (Å²) in [5, 5.41) is 4.53. The Kier molecular flexibility index (Phi) is 7.85. The number of nitrogens with zero attached hydrogens (tertiary/aromatic N) is 1. The van der Waals surface area contributed by atoms with Crippen LogP contribution in [0.25, 0.3) is 0 Å². The van der Waals surface area contributed by atoms with Crippen LogP contribution in [0, 0.1) is 13.8 Å². The predicted molar refractivity (Wildman–Crippen MR) is 137 cm³/mol. The van der Waals surface area contributed by atoms with Gasteiger partial charge in [-0.05, 0) is 81.5 Å². The molecule has 4 rings (SSSR count). The van der Waals surface area contributed by atoms with E-state index in [1.807, 2.05) is 36.4 Å². The van der Waals surface area contributed by atoms with Gasteiger partial charge in [-0.3, -0.25) is 4.79 Å². The van der Waals surface area contributed by atoms with Gasteiger partial charge in [0.15, 0.2) is 0 Å². The molecule has 3 nitrogen and oxygen atoms in total. The number of likely N-dealkylation sites (tertiary alicyclic amines) is 1. The van der Waals surface area contributed by atoms with E-state index in [1.54, 1.807) is 0 Å². The zero-order chi connectivity index (χ0) is 23.2. The summed E-state index contributed by atoms with van der Waals surface area (Å²) in [4.78, 5) is 15.6. The summed E-state index contributed by atoms with van der Waals surface area (Å²) in [5.74, 6) is 0.153. The van der Waals surface area contributed by atoms with E-state index in [2.05, 4.69) is 60.5 Å². The lowest BCUT2D eigenvalue weighted by Gasteiger charge is -2.40. The summed E-state index contributed by atoms with van der Waals surface area (Å²) in [7, 11) is 0. The number of hydrogen-bond donors (Lipinski definition) is 1. The molecular formula is C29H33ClN2O. The van der Waals surface area contributed by atoms with Gasteiger partial charge in [0.2, 0.25) is 0 Å². The Morgan fingerprint density at radius 3 is 2.42 bits per heavy atom. The van der Waals surface area contributed by atoms with E-state index in [-0.39, 0.29) is 11.9 Å². The van der Waals surface area contributed by atoms with Crippen LogP contribution in [-0.4, -0.2) is 36.0 Å². The van der Waals surface area contributed by atoms with Crippen LogP contribution in [0.1, 0.15) is 45.5 Å². The number of aryl methyl sites for hydroxylation is 2. The van der Waals surface area contributed by atoms with E-state index in [0.717, 1.165) is 60.5 Å². The van der Waals surface area contributed by atoms with E-state index in [4.69, 9.17) is 11.6 Å². The van der Waals surface area contributed by atoms with Crippen LogP contribution < -0.4 is 5.32 Å². The molecule has 0 saturated carbocycles. The molecule has 1 fully saturated rings. The summed E-state index contributed by atoms with van der Waals surface area (Å²) in [5.41, 5.74) is 5.60. The van der Waals surface area contributed by atoms with Crippen molar-refractivity contribution in [3.05, 3.63) is 106 Å². The number of benzene rings is 3. The molecule has 1 aliphatic heterocycles. The smallest absolute Gasteiger partial charge is 0.254 e. The Morgan fingerprint density at radius 1 is 0.970 bits per heavy atom. The fraction of sp³-hybridized carbons (Fsp3) is 0.345. The molecule has 0 unspecified atom stereocenters. The average molecular weight is 461 g/mol. The number of hydrogen-bond acceptors (Lipinski definition) is 2. The van der Waals surface area contributed by atoms with Crippen molar-refractivity contribution in [2.75, 3.05) is 13.1 Å². The fourth-order valence-electron chi connectivity index (χ4n) is 4.96. The molecule has 0 spiro atoms. The molecule has 0 radical (unpaired) electrons. The van der Waals surface area contributed by atoms with Gasteiger partial charge in [-0.15, -0.1) is 0 Å². The van der Waals surface area contributed by atoms with Crippen molar-refractivity contribution in [1.82, 2.24) is 10.2 Å². The van der Waals surface area contributed by atoms with Gasteiger partial charge in [0.25, 0.3) is 5.91 Å². The van der Waals surface area contributed by atoms with Crippen molar-refractivity contribution in [1.29, 1.82) is 0 Å². The molecule has 0 aromatic heterocycles. The number of amides is 1. The van der Waals surface area contributed by atoms with E-state index in [1.165, 1.54) is 11.1 Å². The molecule has 33 heavy (non-hydrogen) atoms. The monoisotopic (exact) mass is 460 g/mol. The molecule has 1 aliphatic rings. The van der Waals surface area contributed by atoms with Gasteiger partial charge in [0.1, 0.15) is 0 Å². The Labute approximate surface area is 202 Å². The highest BCUT2D eigenvalue weighted by Gasteiger charge is 2.32. The van der Waals surface area contributed by atoms with E-state index in [9.17, 15) is 4.79 Å². The van der Waals surface area contributed by atoms with E-state index in [0.29, 0.717) is 6.04 Å². The standard InChI is InChI=1S/C29H33ClN2O/c1-21-15-22(2)17-25(16-21)29(33)32-14-12-27(20-28(32)19-23-7-4-3-5-8-23)31-13-11-24-9-6-10-26(30)18-24/h3-10,15-18,27-28,31H,11-14,19-20H2,1-2H3/t27-,28-/m0/s1. The summed E-state index contributed by atoms with van der Waals surface area (Å²) in [6.45, 7) is 5.80. The van der Waals surface area contributed by atoms with Crippen LogP contribution in [0.3, 0.4) is 0 Å². The second kappa shape index (κ2) is 11.0. The molecule has 3 aromatic carbocycles. The zero-order valence-corrected chi connectivity index (χ0v) is 20.3. The number of halogens is 1. The van der Waals surface area contributed by atoms with Gasteiger partial charge in [-0.1, -0.05) is 71.3 Å². The quantitative estimate of drug-likeness (QED) is 0.468. The molecule has 0 aliphatic carbocycles. The van der Waals surface area contributed by atoms with Crippen molar-refractivity contribution < 1.29 is 4.79 Å². The molecule has 3 aromatic rings. The maximum Gasteiger partial charge on any atom is 0.254 e. The van der Waals surface area contributed by atoms with E-state index >= 15 is 0 Å². The summed E-state index contributed by atoms with van der Waals surface area (Å²) in [6.07, 6.45) is 3.76. The normalized spacial score (nSPS) is 18.3. The van der Waals surface area contributed by atoms with Crippen molar-refractivity contribution in [3.8, 4) is 0 Å². The highest BCUT2D eigenvalue weighted by Crippen LogP contribution is 2.24. The lowest BCUT2D eigenvalue weighted by Crippen LogP contribution is -2.52. The topological polar surface area (TPSA) is 32.3 Å². The van der Waals surface area contributed by atoms with Crippen LogP contribution in [-0.2, 0) is 12.8 Å². The first-order valence-corrected chi connectivity index (χ1v) is 12.3. The van der Waals surface area contributed by atoms with Crippen LogP contribution in [0.2, 0.25) is 5.02 Å². The highest BCUT2D eigenvalue weighted by atomic mass is 35.5. The third kappa shape index (κ3) is 6.46. The van der Waals surface area contributed by atoms with Crippen LogP contribution in [0.4, 0.5) is 0 Å². The first-order chi connectivity index (χ1) is 16.0. The Morgan fingerprint density at radius 2 is 1.70 bits per heavy atom. The van der Waals surface area contributed by atoms with Crippen LogP contribution in [0.15, 0.2) is 72.8 Å². The first kappa shape index (κ1) is 23.5. The maximum absolute atomic E-state index is 13.5. The van der Waals surface area contributed by atoms with E-state index < -0.39 is 0 Å². The van der Waals surface area contributed by atoms with Crippen molar-refractivity contribution in [2.24, 2.45) is 0 Å². The highest BCUT2D eigenvalue weighted by molar-refractivity contribution is 6.30. The zero-order valence-electron chi connectivity index (χ0n) is 19.6. The maximum atomic E-state index is 13.5. The summed E-state index contributed by atoms with van der Waals surface area (Å²) in [6, 6.07) is 25.3. The summed E-state index contributed by atoms with van der Waals surface area (Å²) >= 11 is 6.13. The minimum Gasteiger partial charge on any atom is -0.335 e. The second-order valence-corrected chi connectivity index (χ2v) is 9.71. The third-order valence-electron chi connectivity index (χ3n) is 6.50. The minimum atomic E-state index is 0.153. The van der Waals surface area contributed by atoms with Crippen molar-refractivity contribution in [2.45, 2.75) is 51.6 Å². The second-order valence-electron chi connectivity index (χ2n) is 9.27. The Bertz CT molecular complexity index is 1060. The number of piperidine rings is 1. The molecule has 2 atom stereocenters. The van der Waals surface area contributed by atoms with Gasteiger partial charge in [0, 0.05) is 29.2 Å². The predicted octanol–water partition coefficient (Wildman–Crippen LogP) is 6.01. The molecule has 4 heteroatoms. The van der Waals surface area contributed by atoms with Gasteiger partial charge in [0.05, 0.1) is 0 Å². The number of nitrogens with one attached hydrogen (secondary N) is 1. The van der Waals surface area contributed by atoms with Gasteiger partial charge in [-0.25, -0.2) is 0 Å². The van der Waals surface area contributed by atoms with Crippen LogP contribution in [0.5, 0.6) is 0 Å². The molecule has 1 amide bonds. The molecular weight excluding hydrogens is 428 g/mol. The Balaban J connectivity index is 1.45. The molecule has 1 saturated heterocycles. The number of rotatable bonds is 7. The SMILES string of the molecule is Cc1cc(C)cc(C(=O)N2CC[C@H](NCCc3cccc(Cl)c3)C[C@@H]2Cc2ccccc2)c1. The van der Waals surface area contributed by atoms with Gasteiger partial charge >= 0.3 is 0 Å². The number of carbonyl (C=O) groups excluding carboxylic acids is 1. The first-order valence-electron chi connectivity index (χ1n) is 11.9. The summed E-state index contributed by atoms with van der Waals surface area (Å²) < 4.78 is 0. The Hall–Kier alpha value is -2.62. The number of carbonyl (C=O) groups is 1. The third-order valence-corrected chi connectivity index (χ3v) is 6.73. The van der Waals surface area contributed by atoms with Crippen molar-refractivity contribution in [3.63, 3.8) is 0 Å². The largest absolute Gasteiger partial charge is 0.335 e. The fourth-order valence-corrected chi connectivity index (χ4v) is 5.17. The van der Waals surface area contributed by atoms with Crippen LogP contribution >= 0.6 is 11.6 Å². The van der Waals surface area contributed by atoms with Gasteiger partial charge < -0.3 is 10.2 Å². The molecule has 1 heterocycles. The minimum absolute atomic E-state index is 0.153. The molecule has 172 valence electrons. The van der Waals surface area contributed by atoms with Crippen molar-refractivity contribution >= 4 is 17.5 Å². The lowest BCUT2D eigenvalue weighted by molar-refractivity contribution is 0.0577. The molecule has 0 bridgehead atoms. The molecule has 1 N–H and O–H groups in total. The lowest BCUT2D eigenvalue weighted by atomic mass is 9.91.